The first-order chi connectivity index (χ1) is 14.0. The summed E-state index contributed by atoms with van der Waals surface area (Å²) >= 11 is 0. The number of anilines is 2. The minimum absolute atomic E-state index is 0.290. The molecule has 8 nitrogen and oxygen atoms in total. The number of benzene rings is 2. The summed E-state index contributed by atoms with van der Waals surface area (Å²) in [5, 5.41) is 9.81. The van der Waals surface area contributed by atoms with E-state index in [1.165, 1.54) is 0 Å². The number of carbonyl (C=O) groups is 2. The molecule has 0 unspecified atom stereocenters. The molecule has 0 aliphatic heterocycles. The molecule has 0 fully saturated rings. The lowest BCUT2D eigenvalue weighted by Crippen LogP contribution is -2.19. The zero-order valence-electron chi connectivity index (χ0n) is 15.5. The van der Waals surface area contributed by atoms with E-state index in [0.29, 0.717) is 33.7 Å². The highest BCUT2D eigenvalue weighted by Gasteiger charge is 2.19. The number of nitrogens with zero attached hydrogens (tertiary/aromatic N) is 2. The van der Waals surface area contributed by atoms with Gasteiger partial charge in [-0.3, -0.25) is 4.79 Å². The van der Waals surface area contributed by atoms with Crippen molar-refractivity contribution in [1.29, 1.82) is 0 Å². The molecule has 0 spiro atoms. The zero-order valence-corrected chi connectivity index (χ0v) is 15.5. The maximum Gasteiger partial charge on any atom is 0.316 e. The van der Waals surface area contributed by atoms with Crippen LogP contribution >= 0.6 is 0 Å². The Labute approximate surface area is 165 Å². The Hall–Kier alpha value is -4.20. The van der Waals surface area contributed by atoms with Gasteiger partial charge in [0.05, 0.1) is 22.3 Å². The SMILES string of the molecule is Cc1noc2nc(-c3ccccc3)cc(C(=O)Nc3cccc(NC(N)=O)c3)c12. The van der Waals surface area contributed by atoms with E-state index in [0.717, 1.165) is 5.56 Å². The average Bonchev–Trinajstić information content (AvgIpc) is 3.08. The number of carbonyl (C=O) groups excluding carboxylic acids is 2. The van der Waals surface area contributed by atoms with Gasteiger partial charge in [-0.05, 0) is 31.2 Å². The summed E-state index contributed by atoms with van der Waals surface area (Å²) in [7, 11) is 0. The molecule has 0 radical (unpaired) electrons. The number of hydrogen-bond donors (Lipinski definition) is 3. The molecule has 4 N–H and O–H groups in total. The number of urea groups is 1. The lowest BCUT2D eigenvalue weighted by molar-refractivity contribution is 0.102. The van der Waals surface area contributed by atoms with Crippen LogP contribution in [-0.2, 0) is 0 Å². The fraction of sp³-hybridized carbons (Fsp3) is 0.0476. The summed E-state index contributed by atoms with van der Waals surface area (Å²) in [5.41, 5.74) is 8.82. The summed E-state index contributed by atoms with van der Waals surface area (Å²) in [6, 6.07) is 17.2. The van der Waals surface area contributed by atoms with Gasteiger partial charge in [-0.25, -0.2) is 9.78 Å². The molecule has 4 rings (SSSR count). The average molecular weight is 387 g/mol. The zero-order chi connectivity index (χ0) is 20.4. The van der Waals surface area contributed by atoms with Crippen molar-refractivity contribution in [1.82, 2.24) is 10.1 Å². The lowest BCUT2D eigenvalue weighted by atomic mass is 10.0. The molecule has 2 aromatic heterocycles. The maximum absolute atomic E-state index is 13.1. The molecule has 0 saturated heterocycles. The predicted octanol–water partition coefficient (Wildman–Crippen LogP) is 3.94. The van der Waals surface area contributed by atoms with Crippen molar-refractivity contribution in [2.45, 2.75) is 6.92 Å². The molecule has 3 amide bonds. The molecule has 0 aliphatic carbocycles. The van der Waals surface area contributed by atoms with E-state index in [2.05, 4.69) is 20.8 Å². The van der Waals surface area contributed by atoms with Crippen molar-refractivity contribution in [2.75, 3.05) is 10.6 Å². The van der Waals surface area contributed by atoms with E-state index >= 15 is 0 Å². The Balaban J connectivity index is 1.73. The number of fused-ring (bicyclic) bond motifs is 1. The Morgan fingerprint density at radius 1 is 0.966 bits per heavy atom. The van der Waals surface area contributed by atoms with Crippen molar-refractivity contribution in [3.05, 3.63) is 71.9 Å². The van der Waals surface area contributed by atoms with Gasteiger partial charge in [0.1, 0.15) is 0 Å². The first kappa shape index (κ1) is 18.2. The highest BCUT2D eigenvalue weighted by atomic mass is 16.5. The second-order valence-corrected chi connectivity index (χ2v) is 6.39. The molecule has 0 atom stereocenters. The first-order valence-electron chi connectivity index (χ1n) is 8.81. The van der Waals surface area contributed by atoms with Crippen LogP contribution in [-0.4, -0.2) is 22.1 Å². The Morgan fingerprint density at radius 2 is 1.69 bits per heavy atom. The molecule has 0 bridgehead atoms. The third kappa shape index (κ3) is 3.77. The van der Waals surface area contributed by atoms with Gasteiger partial charge in [0.2, 0.25) is 0 Å². The number of hydrogen-bond acceptors (Lipinski definition) is 5. The van der Waals surface area contributed by atoms with E-state index in [4.69, 9.17) is 10.3 Å². The van der Waals surface area contributed by atoms with Crippen molar-refractivity contribution in [2.24, 2.45) is 5.73 Å². The van der Waals surface area contributed by atoms with Crippen LogP contribution in [0.2, 0.25) is 0 Å². The van der Waals surface area contributed by atoms with Crippen molar-refractivity contribution in [3.63, 3.8) is 0 Å². The highest BCUT2D eigenvalue weighted by molar-refractivity contribution is 6.13. The van der Waals surface area contributed by atoms with Gasteiger partial charge < -0.3 is 20.9 Å². The van der Waals surface area contributed by atoms with Gasteiger partial charge in [-0.15, -0.1) is 0 Å². The molecule has 2 aromatic carbocycles. The number of nitrogens with two attached hydrogens (primary N) is 1. The standard InChI is InChI=1S/C21H17N5O3/c1-12-18-16(19(27)23-14-8-5-9-15(10-14)24-21(22)28)11-17(25-20(18)29-26-12)13-6-3-2-4-7-13/h2-11H,1H3,(H,23,27)(H3,22,24,28). The summed E-state index contributed by atoms with van der Waals surface area (Å²) in [6.07, 6.45) is 0. The number of amides is 3. The largest absolute Gasteiger partial charge is 0.351 e. The van der Waals surface area contributed by atoms with Crippen LogP contribution in [0, 0.1) is 6.92 Å². The fourth-order valence-corrected chi connectivity index (χ4v) is 3.05. The summed E-state index contributed by atoms with van der Waals surface area (Å²) < 4.78 is 5.31. The molecule has 0 aliphatic rings. The van der Waals surface area contributed by atoms with Gasteiger partial charge in [-0.1, -0.05) is 41.6 Å². The van der Waals surface area contributed by atoms with Gasteiger partial charge in [0.15, 0.2) is 0 Å². The van der Waals surface area contributed by atoms with Gasteiger partial charge in [-0.2, -0.15) is 0 Å². The topological polar surface area (TPSA) is 123 Å². The van der Waals surface area contributed by atoms with Crippen LogP contribution in [0.5, 0.6) is 0 Å². The summed E-state index contributed by atoms with van der Waals surface area (Å²) in [5.74, 6) is -0.350. The molecular formula is C21H17N5O3. The van der Waals surface area contributed by atoms with Crippen LogP contribution in [0.15, 0.2) is 65.2 Å². The predicted molar refractivity (Wildman–Crippen MR) is 110 cm³/mol. The maximum atomic E-state index is 13.1. The number of aromatic nitrogens is 2. The van der Waals surface area contributed by atoms with Crippen molar-refractivity contribution in [3.8, 4) is 11.3 Å². The summed E-state index contributed by atoms with van der Waals surface area (Å²) in [6.45, 7) is 1.75. The molecular weight excluding hydrogens is 370 g/mol. The van der Waals surface area contributed by atoms with E-state index in [-0.39, 0.29) is 11.6 Å². The third-order valence-corrected chi connectivity index (χ3v) is 4.32. The lowest BCUT2D eigenvalue weighted by Gasteiger charge is -2.10. The van der Waals surface area contributed by atoms with Crippen LogP contribution in [0.1, 0.15) is 16.1 Å². The van der Waals surface area contributed by atoms with E-state index in [9.17, 15) is 9.59 Å². The number of pyridine rings is 1. The number of rotatable bonds is 4. The minimum Gasteiger partial charge on any atom is -0.351 e. The Kier molecular flexibility index (Phi) is 4.66. The minimum atomic E-state index is -0.683. The molecule has 8 heteroatoms. The smallest absolute Gasteiger partial charge is 0.316 e. The van der Waals surface area contributed by atoms with E-state index in [1.54, 1.807) is 37.3 Å². The van der Waals surface area contributed by atoms with Crippen LogP contribution in [0.3, 0.4) is 0 Å². The number of primary amides is 1. The van der Waals surface area contributed by atoms with Crippen LogP contribution in [0.25, 0.3) is 22.4 Å². The number of aryl methyl sites for hydroxylation is 1. The van der Waals surface area contributed by atoms with Gasteiger partial charge in [0, 0.05) is 16.9 Å². The molecule has 0 saturated carbocycles. The van der Waals surface area contributed by atoms with E-state index < -0.39 is 6.03 Å². The summed E-state index contributed by atoms with van der Waals surface area (Å²) in [4.78, 5) is 28.6. The van der Waals surface area contributed by atoms with Crippen LogP contribution in [0.4, 0.5) is 16.2 Å². The second kappa shape index (κ2) is 7.43. The second-order valence-electron chi connectivity index (χ2n) is 6.39. The first-order valence-corrected chi connectivity index (χ1v) is 8.81. The fourth-order valence-electron chi connectivity index (χ4n) is 3.05. The third-order valence-electron chi connectivity index (χ3n) is 4.32. The molecule has 2 heterocycles. The van der Waals surface area contributed by atoms with Crippen molar-refractivity contribution < 1.29 is 14.1 Å². The van der Waals surface area contributed by atoms with Gasteiger partial charge >= 0.3 is 6.03 Å². The molecule has 144 valence electrons. The Morgan fingerprint density at radius 3 is 2.41 bits per heavy atom. The highest BCUT2D eigenvalue weighted by Crippen LogP contribution is 2.28. The molecule has 29 heavy (non-hydrogen) atoms. The number of nitrogens with one attached hydrogen (secondary N) is 2. The normalized spacial score (nSPS) is 10.7. The van der Waals surface area contributed by atoms with Gasteiger partial charge in [0.25, 0.3) is 11.6 Å². The Bertz CT molecular complexity index is 1220. The quantitative estimate of drug-likeness (QED) is 0.489. The molecule has 4 aromatic rings. The monoisotopic (exact) mass is 387 g/mol. The van der Waals surface area contributed by atoms with Crippen LogP contribution < -0.4 is 16.4 Å². The van der Waals surface area contributed by atoms with Crippen molar-refractivity contribution >= 4 is 34.4 Å². The van der Waals surface area contributed by atoms with E-state index in [1.807, 2.05) is 30.3 Å².